The predicted octanol–water partition coefficient (Wildman–Crippen LogP) is 4.29. The van der Waals surface area contributed by atoms with Gasteiger partial charge in [0.1, 0.15) is 0 Å². The summed E-state index contributed by atoms with van der Waals surface area (Å²) >= 11 is 0. The van der Waals surface area contributed by atoms with Crippen molar-refractivity contribution in [2.45, 2.75) is 64.1 Å². The van der Waals surface area contributed by atoms with Gasteiger partial charge in [-0.15, -0.1) is 0 Å². The molecule has 32 heavy (non-hydrogen) atoms. The fourth-order valence-corrected chi connectivity index (χ4v) is 5.89. The lowest BCUT2D eigenvalue weighted by Crippen LogP contribution is -2.31. The number of benzene rings is 1. The van der Waals surface area contributed by atoms with Crippen LogP contribution in [0.4, 0.5) is 0 Å². The first-order valence-electron chi connectivity index (χ1n) is 12.7. The average Bonchev–Trinajstić information content (AvgIpc) is 3.29. The normalized spacial score (nSPS) is 29.4. The van der Waals surface area contributed by atoms with Gasteiger partial charge < -0.3 is 19.8 Å². The van der Waals surface area contributed by atoms with Gasteiger partial charge in [-0.05, 0) is 75.1 Å². The summed E-state index contributed by atoms with van der Waals surface area (Å²) in [5.41, 5.74) is 3.75. The van der Waals surface area contributed by atoms with Gasteiger partial charge in [-0.3, -0.25) is 0 Å². The number of aliphatic hydroxyl groups is 2. The second-order valence-corrected chi connectivity index (χ2v) is 10.2. The number of likely N-dealkylation sites (tertiary alicyclic amines) is 1. The van der Waals surface area contributed by atoms with Crippen molar-refractivity contribution in [2.75, 3.05) is 32.8 Å². The molecular formula is C28H41NO3. The maximum Gasteiger partial charge on any atom is 0.0761 e. The molecule has 1 aromatic rings. The molecule has 3 aliphatic rings. The van der Waals surface area contributed by atoms with Gasteiger partial charge in [-0.25, -0.2) is 0 Å². The molecule has 0 bridgehead atoms. The molecule has 1 aromatic carbocycles. The van der Waals surface area contributed by atoms with Crippen molar-refractivity contribution in [3.63, 3.8) is 0 Å². The lowest BCUT2D eigenvalue weighted by Gasteiger charge is -2.26. The minimum Gasteiger partial charge on any atom is -0.392 e. The van der Waals surface area contributed by atoms with Crippen molar-refractivity contribution in [1.29, 1.82) is 0 Å². The standard InChI is InChI=1S/C28H41NO3/c1-21-7-5-8-22(15-21)17-25(30)9-10-26-27-18-23(16-24(27)19-28(26)31)20-32-14-6-13-29-11-3-2-4-12-29/h5,7-10,15-16,24-28,30-31H,2-4,6,11-14,17-20H2,1H3/b10-9+/t24-,25-,26+,27-,28+/m0/s1. The molecule has 0 aromatic heterocycles. The summed E-state index contributed by atoms with van der Waals surface area (Å²) < 4.78 is 5.99. The van der Waals surface area contributed by atoms with Gasteiger partial charge >= 0.3 is 0 Å². The van der Waals surface area contributed by atoms with Crippen LogP contribution < -0.4 is 0 Å². The van der Waals surface area contributed by atoms with Crippen LogP contribution in [0.15, 0.2) is 48.1 Å². The van der Waals surface area contributed by atoms with Crippen LogP contribution in [0.3, 0.4) is 0 Å². The second kappa shape index (κ2) is 11.6. The van der Waals surface area contributed by atoms with Crippen LogP contribution in [-0.2, 0) is 11.2 Å². The van der Waals surface area contributed by atoms with Crippen LogP contribution in [0.5, 0.6) is 0 Å². The summed E-state index contributed by atoms with van der Waals surface area (Å²) in [5, 5.41) is 21.1. The first kappa shape index (κ1) is 23.7. The van der Waals surface area contributed by atoms with Gasteiger partial charge in [0.25, 0.3) is 0 Å². The highest BCUT2D eigenvalue weighted by Gasteiger charge is 2.43. The SMILES string of the molecule is Cc1cccc(C[C@@H](O)/C=C/[C@@H]2[C@H]3CC(COCCCN4CCCCC4)=C[C@H]3C[C@H]2O)c1. The van der Waals surface area contributed by atoms with Gasteiger partial charge in [0.15, 0.2) is 0 Å². The Morgan fingerprint density at radius 3 is 2.88 bits per heavy atom. The molecule has 5 atom stereocenters. The Kier molecular flexibility index (Phi) is 8.59. The minimum atomic E-state index is -0.514. The number of piperidine rings is 1. The highest BCUT2D eigenvalue weighted by molar-refractivity contribution is 5.24. The van der Waals surface area contributed by atoms with E-state index < -0.39 is 6.10 Å². The van der Waals surface area contributed by atoms with E-state index in [1.165, 1.54) is 43.5 Å². The molecule has 0 spiro atoms. The second-order valence-electron chi connectivity index (χ2n) is 10.2. The fourth-order valence-electron chi connectivity index (χ4n) is 5.89. The zero-order valence-corrected chi connectivity index (χ0v) is 19.7. The lowest BCUT2D eigenvalue weighted by molar-refractivity contribution is 0.126. The Morgan fingerprint density at radius 1 is 1.22 bits per heavy atom. The number of allylic oxidation sites excluding steroid dienone is 1. The van der Waals surface area contributed by atoms with Crippen LogP contribution >= 0.6 is 0 Å². The number of rotatable bonds is 10. The number of hydrogen-bond donors (Lipinski definition) is 2. The Balaban J connectivity index is 1.19. The monoisotopic (exact) mass is 439 g/mol. The van der Waals surface area contributed by atoms with Crippen LogP contribution in [0, 0.1) is 24.7 Å². The van der Waals surface area contributed by atoms with E-state index in [4.69, 9.17) is 4.74 Å². The van der Waals surface area contributed by atoms with E-state index in [1.54, 1.807) is 0 Å². The van der Waals surface area contributed by atoms with Gasteiger partial charge in [0.05, 0.1) is 18.8 Å². The van der Waals surface area contributed by atoms with Crippen molar-refractivity contribution in [3.8, 4) is 0 Å². The molecule has 0 radical (unpaired) electrons. The molecule has 2 aliphatic carbocycles. The molecule has 1 heterocycles. The highest BCUT2D eigenvalue weighted by Crippen LogP contribution is 2.47. The Labute approximate surface area is 194 Å². The quantitative estimate of drug-likeness (QED) is 0.422. The van der Waals surface area contributed by atoms with Crippen LogP contribution in [0.2, 0.25) is 0 Å². The summed E-state index contributed by atoms with van der Waals surface area (Å²) in [4.78, 5) is 2.57. The van der Waals surface area contributed by atoms with E-state index in [-0.39, 0.29) is 12.0 Å². The molecule has 1 saturated heterocycles. The van der Waals surface area contributed by atoms with E-state index in [0.29, 0.717) is 18.3 Å². The van der Waals surface area contributed by atoms with Crippen LogP contribution in [0.25, 0.3) is 0 Å². The molecule has 1 saturated carbocycles. The number of aliphatic hydroxyl groups excluding tert-OH is 2. The van der Waals surface area contributed by atoms with Crippen molar-refractivity contribution in [2.24, 2.45) is 17.8 Å². The Morgan fingerprint density at radius 2 is 2.06 bits per heavy atom. The molecule has 4 heteroatoms. The smallest absolute Gasteiger partial charge is 0.0761 e. The number of nitrogens with zero attached hydrogens (tertiary/aromatic N) is 1. The average molecular weight is 440 g/mol. The van der Waals surface area contributed by atoms with Gasteiger partial charge in [0.2, 0.25) is 0 Å². The predicted molar refractivity (Wildman–Crippen MR) is 130 cm³/mol. The summed E-state index contributed by atoms with van der Waals surface area (Å²) in [5.74, 6) is 1.01. The summed E-state index contributed by atoms with van der Waals surface area (Å²) in [6.07, 6.45) is 13.2. The summed E-state index contributed by atoms with van der Waals surface area (Å²) in [6.45, 7) is 7.31. The third-order valence-electron chi connectivity index (χ3n) is 7.53. The summed E-state index contributed by atoms with van der Waals surface area (Å²) in [6, 6.07) is 8.29. The molecule has 2 fully saturated rings. The molecule has 4 rings (SSSR count). The largest absolute Gasteiger partial charge is 0.392 e. The van der Waals surface area contributed by atoms with Gasteiger partial charge in [-0.2, -0.15) is 0 Å². The molecule has 1 aliphatic heterocycles. The number of hydrogen-bond acceptors (Lipinski definition) is 4. The van der Waals surface area contributed by atoms with Crippen LogP contribution in [-0.4, -0.2) is 60.2 Å². The maximum atomic E-state index is 10.6. The van der Waals surface area contributed by atoms with Crippen molar-refractivity contribution >= 4 is 0 Å². The van der Waals surface area contributed by atoms with Crippen molar-refractivity contribution in [3.05, 3.63) is 59.2 Å². The van der Waals surface area contributed by atoms with Gasteiger partial charge in [0, 0.05) is 25.5 Å². The van der Waals surface area contributed by atoms with Crippen molar-refractivity contribution in [1.82, 2.24) is 4.90 Å². The first-order valence-corrected chi connectivity index (χ1v) is 12.7. The van der Waals surface area contributed by atoms with E-state index in [0.717, 1.165) is 44.6 Å². The number of ether oxygens (including phenoxy) is 1. The van der Waals surface area contributed by atoms with E-state index in [2.05, 4.69) is 42.2 Å². The number of aryl methyl sites for hydroxylation is 1. The summed E-state index contributed by atoms with van der Waals surface area (Å²) in [7, 11) is 0. The minimum absolute atomic E-state index is 0.125. The highest BCUT2D eigenvalue weighted by atomic mass is 16.5. The maximum absolute atomic E-state index is 10.6. The van der Waals surface area contributed by atoms with E-state index in [1.807, 2.05) is 12.1 Å². The first-order chi connectivity index (χ1) is 15.6. The topological polar surface area (TPSA) is 52.9 Å². The third kappa shape index (κ3) is 6.54. The zero-order chi connectivity index (χ0) is 22.3. The number of fused-ring (bicyclic) bond motifs is 1. The van der Waals surface area contributed by atoms with E-state index >= 15 is 0 Å². The third-order valence-corrected chi connectivity index (χ3v) is 7.53. The Hall–Kier alpha value is -1.46. The molecular weight excluding hydrogens is 398 g/mol. The van der Waals surface area contributed by atoms with Gasteiger partial charge in [-0.1, -0.05) is 54.5 Å². The molecule has 4 nitrogen and oxygen atoms in total. The fraction of sp³-hybridized carbons (Fsp3) is 0.643. The molecule has 2 N–H and O–H groups in total. The van der Waals surface area contributed by atoms with Crippen LogP contribution in [0.1, 0.15) is 49.7 Å². The Bertz CT molecular complexity index is 783. The van der Waals surface area contributed by atoms with E-state index in [9.17, 15) is 10.2 Å². The zero-order valence-electron chi connectivity index (χ0n) is 19.7. The van der Waals surface area contributed by atoms with Crippen molar-refractivity contribution < 1.29 is 14.9 Å². The lowest BCUT2D eigenvalue weighted by atomic mass is 9.89. The molecule has 0 unspecified atom stereocenters. The molecule has 176 valence electrons. The molecule has 0 amide bonds.